The number of piperazine rings is 1. The van der Waals surface area contributed by atoms with E-state index < -0.39 is 21.3 Å². The zero-order valence-electron chi connectivity index (χ0n) is 26.8. The minimum Gasteiger partial charge on any atom is -0.448 e. The summed E-state index contributed by atoms with van der Waals surface area (Å²) >= 11 is 1.76. The van der Waals surface area contributed by atoms with E-state index in [-0.39, 0.29) is 35.1 Å². The molecule has 2 saturated carbocycles. The van der Waals surface area contributed by atoms with Gasteiger partial charge in [0.25, 0.3) is 10.1 Å². The molecule has 1 amide bonds. The van der Waals surface area contributed by atoms with Crippen LogP contribution < -0.4 is 0 Å². The van der Waals surface area contributed by atoms with Crippen molar-refractivity contribution in [1.82, 2.24) is 14.7 Å². The number of ketones is 1. The third kappa shape index (κ3) is 6.60. The maximum atomic E-state index is 14.2. The number of hydrogen-bond acceptors (Lipinski definition) is 8. The van der Waals surface area contributed by atoms with Gasteiger partial charge in [0.1, 0.15) is 18.2 Å². The Morgan fingerprint density at radius 3 is 2.37 bits per heavy atom. The maximum absolute atomic E-state index is 14.2. The minimum atomic E-state index is -4.08. The highest BCUT2D eigenvalue weighted by Crippen LogP contribution is 2.64. The van der Waals surface area contributed by atoms with Gasteiger partial charge in [-0.15, -0.1) is 0 Å². The topological polar surface area (TPSA) is 107 Å². The number of carbonyl (C=O) groups excluding carboxylic acids is 2. The molecule has 3 heterocycles. The third-order valence-corrected chi connectivity index (χ3v) is 13.2. The molecule has 3 atom stereocenters. The molecule has 4 fully saturated rings. The summed E-state index contributed by atoms with van der Waals surface area (Å²) in [6.07, 6.45) is 2.68. The molecule has 12 heteroatoms. The van der Waals surface area contributed by atoms with Crippen LogP contribution in [0.4, 0.5) is 9.18 Å². The normalized spacial score (nSPS) is 27.5. The smallest absolute Gasteiger partial charge is 0.409 e. The second-order valence-corrected chi connectivity index (χ2v) is 16.5. The van der Waals surface area contributed by atoms with Gasteiger partial charge in [0.2, 0.25) is 0 Å². The van der Waals surface area contributed by atoms with Gasteiger partial charge in [-0.1, -0.05) is 43.3 Å². The first-order valence-electron chi connectivity index (χ1n) is 16.2. The third-order valence-electron chi connectivity index (χ3n) is 11.1. The molecule has 46 heavy (non-hydrogen) atoms. The molecule has 7 rings (SSSR count). The summed E-state index contributed by atoms with van der Waals surface area (Å²) in [5, 5.41) is 0. The van der Waals surface area contributed by atoms with Crippen LogP contribution in [0.25, 0.3) is 0 Å². The molecule has 2 aromatic carbocycles. The number of Topliss-reactive ketones (excluding diaryl/α,β-unsaturated/α-hetero) is 1. The number of cyclic esters (lactones) is 1. The molecule has 250 valence electrons. The van der Waals surface area contributed by atoms with Crippen LogP contribution in [0.1, 0.15) is 55.8 Å². The molecule has 9 nitrogen and oxygen atoms in total. The van der Waals surface area contributed by atoms with E-state index >= 15 is 0 Å². The first-order valence-corrected chi connectivity index (χ1v) is 18.6. The highest BCUT2D eigenvalue weighted by molar-refractivity contribution is 7.99. The number of benzene rings is 2. The average molecular weight is 674 g/mol. The summed E-state index contributed by atoms with van der Waals surface area (Å²) in [5.41, 5.74) is 2.60. The Balaban J connectivity index is 0.000000208. The molecule has 0 radical (unpaired) electrons. The van der Waals surface area contributed by atoms with Gasteiger partial charge in [-0.25, -0.2) is 9.18 Å². The molecule has 2 aromatic rings. The second kappa shape index (κ2) is 12.8. The Labute approximate surface area is 275 Å². The van der Waals surface area contributed by atoms with Crippen LogP contribution in [0, 0.1) is 29.5 Å². The van der Waals surface area contributed by atoms with E-state index in [0.717, 1.165) is 62.6 Å². The van der Waals surface area contributed by atoms with Gasteiger partial charge in [-0.2, -0.15) is 8.42 Å². The van der Waals surface area contributed by atoms with Crippen molar-refractivity contribution < 1.29 is 31.7 Å². The largest absolute Gasteiger partial charge is 0.448 e. The summed E-state index contributed by atoms with van der Waals surface area (Å²) in [6, 6.07) is 12.1. The molecular weight excluding hydrogens is 630 g/mol. The molecule has 0 spiro atoms. The molecule has 3 aliphatic heterocycles. The van der Waals surface area contributed by atoms with Crippen LogP contribution >= 0.6 is 11.8 Å². The minimum absolute atomic E-state index is 0.0152. The van der Waals surface area contributed by atoms with E-state index in [4.69, 9.17) is 9.29 Å². The van der Waals surface area contributed by atoms with E-state index in [9.17, 15) is 22.4 Å². The van der Waals surface area contributed by atoms with Crippen molar-refractivity contribution >= 4 is 33.8 Å². The van der Waals surface area contributed by atoms with Crippen LogP contribution in [0.2, 0.25) is 0 Å². The summed E-state index contributed by atoms with van der Waals surface area (Å²) in [6.45, 7) is 12.6. The van der Waals surface area contributed by atoms with Crippen molar-refractivity contribution in [1.29, 1.82) is 0 Å². The molecular formula is C34H44FN3O6S2. The first-order chi connectivity index (χ1) is 21.8. The Morgan fingerprint density at radius 1 is 1.00 bits per heavy atom. The Hall–Kier alpha value is -2.51. The average Bonchev–Trinajstić information content (AvgIpc) is 3.52. The first kappa shape index (κ1) is 33.4. The van der Waals surface area contributed by atoms with Gasteiger partial charge in [0, 0.05) is 61.5 Å². The molecule has 5 aliphatic rings. The fraction of sp³-hybridized carbons (Fsp3) is 0.588. The highest BCUT2D eigenvalue weighted by Gasteiger charge is 2.65. The van der Waals surface area contributed by atoms with E-state index in [1.165, 1.54) is 16.0 Å². The van der Waals surface area contributed by atoms with Crippen molar-refractivity contribution in [2.24, 2.45) is 16.7 Å². The van der Waals surface area contributed by atoms with Crippen molar-refractivity contribution in [2.75, 3.05) is 58.2 Å². The van der Waals surface area contributed by atoms with Gasteiger partial charge in [0.15, 0.2) is 0 Å². The fourth-order valence-corrected chi connectivity index (χ4v) is 10.6. The monoisotopic (exact) mass is 673 g/mol. The van der Waals surface area contributed by atoms with Crippen molar-refractivity contribution in [2.45, 2.75) is 62.3 Å². The lowest BCUT2D eigenvalue weighted by atomic mass is 9.70. The fourth-order valence-electron chi connectivity index (χ4n) is 8.21. The molecule has 2 saturated heterocycles. The lowest BCUT2D eigenvalue weighted by Crippen LogP contribution is -2.49. The Kier molecular flexibility index (Phi) is 9.32. The van der Waals surface area contributed by atoms with Crippen molar-refractivity contribution in [3.63, 3.8) is 0 Å². The summed E-state index contributed by atoms with van der Waals surface area (Å²) in [4.78, 5) is 32.7. The van der Waals surface area contributed by atoms with E-state index in [1.807, 2.05) is 19.9 Å². The highest BCUT2D eigenvalue weighted by atomic mass is 32.2. The summed E-state index contributed by atoms with van der Waals surface area (Å²) < 4.78 is 50.2. The lowest BCUT2D eigenvalue weighted by molar-refractivity contribution is -0.128. The van der Waals surface area contributed by atoms with Gasteiger partial charge < -0.3 is 9.64 Å². The molecule has 1 N–H and O–H groups in total. The number of aryl methyl sites for hydroxylation is 1. The summed E-state index contributed by atoms with van der Waals surface area (Å²) in [7, 11) is -4.08. The predicted octanol–water partition coefficient (Wildman–Crippen LogP) is 5.22. The molecule has 2 bridgehead atoms. The van der Waals surface area contributed by atoms with Crippen molar-refractivity contribution in [3.8, 4) is 0 Å². The number of hydrogen-bond donors (Lipinski definition) is 1. The quantitative estimate of drug-likeness (QED) is 0.413. The Bertz CT molecular complexity index is 1610. The Morgan fingerprint density at radius 2 is 1.74 bits per heavy atom. The van der Waals surface area contributed by atoms with Crippen LogP contribution in [0.3, 0.4) is 0 Å². The summed E-state index contributed by atoms with van der Waals surface area (Å²) in [5.74, 6) is -0.266. The van der Waals surface area contributed by atoms with Gasteiger partial charge in [-0.05, 0) is 72.9 Å². The molecule has 0 aromatic heterocycles. The van der Waals surface area contributed by atoms with E-state index in [0.29, 0.717) is 26.0 Å². The number of nitrogens with zero attached hydrogens (tertiary/aromatic N) is 3. The predicted molar refractivity (Wildman–Crippen MR) is 174 cm³/mol. The number of halogens is 1. The molecule has 2 aliphatic carbocycles. The van der Waals surface area contributed by atoms with E-state index in [2.05, 4.69) is 34.9 Å². The SMILES string of the molecule is CC1(C)C2CCC1(CS(=O)(=O)O)C(=O)C2.Cc1ccc2c(c1)C[C@H](N1CCN(CCN3CCOC3=O)CC1)c1cc(F)ccc1S2. The zero-order valence-corrected chi connectivity index (χ0v) is 28.5. The van der Waals surface area contributed by atoms with Crippen LogP contribution in [-0.2, 0) is 26.1 Å². The lowest BCUT2D eigenvalue weighted by Gasteiger charge is -2.40. The van der Waals surface area contributed by atoms with Crippen LogP contribution in [0.5, 0.6) is 0 Å². The second-order valence-electron chi connectivity index (χ2n) is 14.0. The maximum Gasteiger partial charge on any atom is 0.409 e. The zero-order chi connectivity index (χ0) is 32.9. The number of carbonyl (C=O) groups is 2. The van der Waals surface area contributed by atoms with Crippen LogP contribution in [-0.4, -0.2) is 97.7 Å². The molecule has 2 unspecified atom stereocenters. The van der Waals surface area contributed by atoms with Gasteiger partial charge >= 0.3 is 6.09 Å². The van der Waals surface area contributed by atoms with Crippen LogP contribution in [0.15, 0.2) is 46.2 Å². The number of amides is 1. The number of ether oxygens (including phenoxy) is 1. The van der Waals surface area contributed by atoms with Crippen molar-refractivity contribution in [3.05, 3.63) is 58.9 Å². The van der Waals surface area contributed by atoms with Gasteiger partial charge in [-0.3, -0.25) is 19.1 Å². The standard InChI is InChI=1S/C24H28FN3O2S.C10H16O4S/c1-17-2-4-22-18(14-17)15-21(20-16-19(25)3-5-23(20)31-22)27-9-6-26(7-10-27)8-11-28-12-13-30-24(28)29;1-9(2)7-3-4-10(9,8(11)5-7)6-15(12,13)14/h2-5,14,16,21H,6-13,15H2,1H3;7H,3-6H2,1-2H3,(H,12,13,14)/t21-;/m0./s1. The van der Waals surface area contributed by atoms with E-state index in [1.54, 1.807) is 28.8 Å². The number of fused-ring (bicyclic) bond motifs is 4. The number of rotatable bonds is 6. The van der Waals surface area contributed by atoms with Gasteiger partial charge in [0.05, 0.1) is 17.7 Å².